The molecule has 6 heteroatoms. The Hall–Kier alpha value is -3.15. The number of phenols is 1. The second-order valence-corrected chi connectivity index (χ2v) is 4.20. The average Bonchev–Trinajstić information content (AvgIpc) is 2.47. The summed E-state index contributed by atoms with van der Waals surface area (Å²) in [6.45, 7) is 0. The van der Waals surface area contributed by atoms with Crippen molar-refractivity contribution in [2.45, 2.75) is 0 Å². The van der Waals surface area contributed by atoms with Gasteiger partial charge in [-0.1, -0.05) is 24.3 Å². The number of carboxylic acids is 1. The van der Waals surface area contributed by atoms with Crippen LogP contribution in [0.3, 0.4) is 0 Å². The summed E-state index contributed by atoms with van der Waals surface area (Å²) in [5.74, 6) is -2.17. The molecule has 6 nitrogen and oxygen atoms in total. The number of hydrogen-bond acceptors (Lipinski definition) is 4. The van der Waals surface area contributed by atoms with E-state index in [-0.39, 0.29) is 22.6 Å². The van der Waals surface area contributed by atoms with Crippen LogP contribution in [0.4, 0.5) is 5.69 Å². The molecule has 0 atom stereocenters. The summed E-state index contributed by atoms with van der Waals surface area (Å²) < 4.78 is 0. The number of nitrogens with one attached hydrogen (secondary N) is 2. The molecule has 2 aromatic rings. The van der Waals surface area contributed by atoms with Gasteiger partial charge in [-0.2, -0.15) is 0 Å². The van der Waals surface area contributed by atoms with Crippen molar-refractivity contribution in [2.75, 3.05) is 5.32 Å². The van der Waals surface area contributed by atoms with Gasteiger partial charge in [-0.25, -0.2) is 4.79 Å². The molecule has 0 fully saturated rings. The third-order valence-electron chi connectivity index (χ3n) is 2.81. The first-order valence-electron chi connectivity index (χ1n) is 6.01. The number of amides is 1. The van der Waals surface area contributed by atoms with Gasteiger partial charge in [0.25, 0.3) is 5.91 Å². The summed E-state index contributed by atoms with van der Waals surface area (Å²) in [5.41, 5.74) is -0.359. The van der Waals surface area contributed by atoms with Gasteiger partial charge in [0.05, 0.1) is 11.3 Å². The van der Waals surface area contributed by atoms with Crippen LogP contribution in [0.2, 0.25) is 0 Å². The maximum absolute atomic E-state index is 12.0. The molecule has 0 radical (unpaired) electrons. The van der Waals surface area contributed by atoms with E-state index >= 15 is 0 Å². The maximum Gasteiger partial charge on any atom is 0.337 e. The summed E-state index contributed by atoms with van der Waals surface area (Å²) >= 11 is 0. The molecule has 0 aliphatic rings. The van der Waals surface area contributed by atoms with E-state index in [1.807, 2.05) is 0 Å². The SMILES string of the molecule is N=C(C(=O)Nc1ccccc1C(=O)O)c1ccccc1O. The summed E-state index contributed by atoms with van der Waals surface area (Å²) in [5, 5.41) is 28.8. The smallest absolute Gasteiger partial charge is 0.337 e. The van der Waals surface area contributed by atoms with E-state index in [2.05, 4.69) is 5.32 Å². The third kappa shape index (κ3) is 3.06. The van der Waals surface area contributed by atoms with Crippen LogP contribution in [0.15, 0.2) is 48.5 Å². The monoisotopic (exact) mass is 284 g/mol. The van der Waals surface area contributed by atoms with Crippen molar-refractivity contribution in [1.29, 1.82) is 5.41 Å². The second kappa shape index (κ2) is 5.87. The normalized spacial score (nSPS) is 9.90. The third-order valence-corrected chi connectivity index (χ3v) is 2.81. The number of aromatic hydroxyl groups is 1. The van der Waals surface area contributed by atoms with Crippen molar-refractivity contribution in [3.8, 4) is 5.75 Å². The van der Waals surface area contributed by atoms with Crippen LogP contribution in [0.5, 0.6) is 5.75 Å². The van der Waals surface area contributed by atoms with Crippen molar-refractivity contribution in [3.05, 3.63) is 59.7 Å². The van der Waals surface area contributed by atoms with Crippen molar-refractivity contribution < 1.29 is 19.8 Å². The van der Waals surface area contributed by atoms with Gasteiger partial charge < -0.3 is 15.5 Å². The largest absolute Gasteiger partial charge is 0.507 e. The minimum absolute atomic E-state index is 0.0720. The maximum atomic E-state index is 12.0. The van der Waals surface area contributed by atoms with E-state index in [1.165, 1.54) is 30.3 Å². The van der Waals surface area contributed by atoms with E-state index in [1.54, 1.807) is 18.2 Å². The van der Waals surface area contributed by atoms with E-state index in [4.69, 9.17) is 10.5 Å². The Morgan fingerprint density at radius 2 is 1.52 bits per heavy atom. The van der Waals surface area contributed by atoms with Gasteiger partial charge in [0.2, 0.25) is 0 Å². The lowest BCUT2D eigenvalue weighted by atomic mass is 10.1. The summed E-state index contributed by atoms with van der Waals surface area (Å²) in [6, 6.07) is 11.8. The molecule has 1 amide bonds. The first kappa shape index (κ1) is 14.3. The summed E-state index contributed by atoms with van der Waals surface area (Å²) in [6.07, 6.45) is 0. The predicted octanol–water partition coefficient (Wildman–Crippen LogP) is 2.10. The molecular weight excluding hydrogens is 272 g/mol. The van der Waals surface area contributed by atoms with Gasteiger partial charge in [-0.05, 0) is 24.3 Å². The quantitative estimate of drug-likeness (QED) is 0.644. The molecule has 21 heavy (non-hydrogen) atoms. The molecule has 0 bridgehead atoms. The molecule has 0 unspecified atom stereocenters. The second-order valence-electron chi connectivity index (χ2n) is 4.20. The summed E-state index contributed by atoms with van der Waals surface area (Å²) in [4.78, 5) is 23.1. The fraction of sp³-hybridized carbons (Fsp3) is 0. The van der Waals surface area contributed by atoms with Gasteiger partial charge in [0.15, 0.2) is 0 Å². The molecule has 0 aliphatic carbocycles. The molecular formula is C15H12N2O4. The molecule has 0 saturated carbocycles. The predicted molar refractivity (Wildman–Crippen MR) is 77.0 cm³/mol. The fourth-order valence-electron chi connectivity index (χ4n) is 1.77. The average molecular weight is 284 g/mol. The lowest BCUT2D eigenvalue weighted by Gasteiger charge is -2.09. The number of carboxylic acid groups (broad SMARTS) is 1. The van der Waals surface area contributed by atoms with Crippen molar-refractivity contribution in [3.63, 3.8) is 0 Å². The molecule has 2 aromatic carbocycles. The fourth-order valence-corrected chi connectivity index (χ4v) is 1.77. The Balaban J connectivity index is 2.25. The highest BCUT2D eigenvalue weighted by atomic mass is 16.4. The topological polar surface area (TPSA) is 110 Å². The van der Waals surface area contributed by atoms with Crippen LogP contribution in [0, 0.1) is 5.41 Å². The van der Waals surface area contributed by atoms with Crippen LogP contribution in [-0.4, -0.2) is 27.8 Å². The van der Waals surface area contributed by atoms with Gasteiger partial charge >= 0.3 is 5.97 Å². The number of phenolic OH excluding ortho intramolecular Hbond substituents is 1. The molecule has 4 N–H and O–H groups in total. The highest BCUT2D eigenvalue weighted by molar-refractivity contribution is 6.48. The Morgan fingerprint density at radius 1 is 0.952 bits per heavy atom. The van der Waals surface area contributed by atoms with Crippen molar-refractivity contribution in [2.24, 2.45) is 0 Å². The lowest BCUT2D eigenvalue weighted by Crippen LogP contribution is -2.24. The van der Waals surface area contributed by atoms with E-state index < -0.39 is 17.6 Å². The highest BCUT2D eigenvalue weighted by Crippen LogP contribution is 2.19. The van der Waals surface area contributed by atoms with Crippen LogP contribution < -0.4 is 5.32 Å². The number of carbonyl (C=O) groups is 2. The van der Waals surface area contributed by atoms with E-state index in [0.29, 0.717) is 0 Å². The molecule has 2 rings (SSSR count). The molecule has 106 valence electrons. The Kier molecular flexibility index (Phi) is 3.99. The molecule has 0 saturated heterocycles. The number of benzene rings is 2. The van der Waals surface area contributed by atoms with Gasteiger partial charge in [0, 0.05) is 5.56 Å². The lowest BCUT2D eigenvalue weighted by molar-refractivity contribution is -0.110. The van der Waals surface area contributed by atoms with Crippen LogP contribution in [0.25, 0.3) is 0 Å². The van der Waals surface area contributed by atoms with Crippen LogP contribution in [-0.2, 0) is 4.79 Å². The number of para-hydroxylation sites is 2. The summed E-state index contributed by atoms with van der Waals surface area (Å²) in [7, 11) is 0. The molecule has 0 aliphatic heterocycles. The minimum Gasteiger partial charge on any atom is -0.507 e. The number of rotatable bonds is 4. The zero-order valence-electron chi connectivity index (χ0n) is 10.8. The van der Waals surface area contributed by atoms with Gasteiger partial charge in [0.1, 0.15) is 11.5 Å². The van der Waals surface area contributed by atoms with E-state index in [9.17, 15) is 14.7 Å². The van der Waals surface area contributed by atoms with Gasteiger partial charge in [-0.3, -0.25) is 10.2 Å². The standard InChI is InChI=1S/C15H12N2O4/c16-13(10-6-2-4-8-12(10)18)14(19)17-11-7-3-1-5-9(11)15(20)21/h1-8,16,18H,(H,17,19)(H,20,21). The Bertz CT molecular complexity index is 725. The molecule has 0 aromatic heterocycles. The van der Waals surface area contributed by atoms with E-state index in [0.717, 1.165) is 0 Å². The number of carbonyl (C=O) groups excluding carboxylic acids is 1. The highest BCUT2D eigenvalue weighted by Gasteiger charge is 2.18. The molecule has 0 heterocycles. The van der Waals surface area contributed by atoms with Crippen molar-refractivity contribution in [1.82, 2.24) is 0 Å². The molecule has 0 spiro atoms. The van der Waals surface area contributed by atoms with Crippen molar-refractivity contribution >= 4 is 23.3 Å². The van der Waals surface area contributed by atoms with Gasteiger partial charge in [-0.15, -0.1) is 0 Å². The number of hydrogen-bond donors (Lipinski definition) is 4. The van der Waals surface area contributed by atoms with Crippen LogP contribution >= 0.6 is 0 Å². The zero-order chi connectivity index (χ0) is 15.4. The zero-order valence-corrected chi connectivity index (χ0v) is 10.8. The first-order chi connectivity index (χ1) is 10.0. The van der Waals surface area contributed by atoms with Crippen LogP contribution in [0.1, 0.15) is 15.9 Å². The number of anilines is 1. The first-order valence-corrected chi connectivity index (χ1v) is 6.01. The minimum atomic E-state index is -1.18. The Labute approximate surface area is 120 Å². The Morgan fingerprint density at radius 3 is 2.14 bits per heavy atom. The number of aromatic carboxylic acids is 1.